The van der Waals surface area contributed by atoms with Gasteiger partial charge in [0, 0.05) is 31.1 Å². The third-order valence-electron chi connectivity index (χ3n) is 4.48. The summed E-state index contributed by atoms with van der Waals surface area (Å²) in [7, 11) is -2.19. The van der Waals surface area contributed by atoms with E-state index in [-0.39, 0.29) is 41.8 Å². The van der Waals surface area contributed by atoms with Crippen molar-refractivity contribution in [1.82, 2.24) is 9.21 Å². The van der Waals surface area contributed by atoms with Gasteiger partial charge in [-0.1, -0.05) is 0 Å². The maximum atomic E-state index is 12.7. The standard InChI is InChI=1S/C17H20N4O6S2/c1-12-3-6-16(28-12)29(25,26)20-9-7-19(8-10-20)17(22)18-14-5-4-13(27-2)11-15(14)21(23)24/h3-6,11H,7-10H2,1-2H3,(H,18,22). The summed E-state index contributed by atoms with van der Waals surface area (Å²) in [5, 5.41) is 13.8. The van der Waals surface area contributed by atoms with Crippen LogP contribution in [0.3, 0.4) is 0 Å². The predicted molar refractivity (Wildman–Crippen MR) is 108 cm³/mol. The number of rotatable bonds is 5. The molecule has 2 amide bonds. The van der Waals surface area contributed by atoms with Crippen LogP contribution in [0.15, 0.2) is 34.5 Å². The van der Waals surface area contributed by atoms with E-state index in [1.165, 1.54) is 45.9 Å². The molecule has 2 aromatic rings. The quantitative estimate of drug-likeness (QED) is 0.563. The third-order valence-corrected chi connectivity index (χ3v) is 7.85. The van der Waals surface area contributed by atoms with E-state index in [0.29, 0.717) is 5.75 Å². The molecule has 0 radical (unpaired) electrons. The smallest absolute Gasteiger partial charge is 0.322 e. The van der Waals surface area contributed by atoms with Gasteiger partial charge in [0.05, 0.1) is 18.1 Å². The number of methoxy groups -OCH3 is 1. The highest BCUT2D eigenvalue weighted by Gasteiger charge is 2.31. The lowest BCUT2D eigenvalue weighted by atomic mass is 10.2. The van der Waals surface area contributed by atoms with Crippen LogP contribution < -0.4 is 10.1 Å². The summed E-state index contributed by atoms with van der Waals surface area (Å²) >= 11 is 1.21. The molecule has 1 fully saturated rings. The fourth-order valence-corrected chi connectivity index (χ4v) is 5.76. The number of amides is 2. The zero-order chi connectivity index (χ0) is 21.2. The van der Waals surface area contributed by atoms with Gasteiger partial charge >= 0.3 is 6.03 Å². The number of nitro groups is 1. The Morgan fingerprint density at radius 3 is 2.45 bits per heavy atom. The second-order valence-corrected chi connectivity index (χ2v) is 9.78. The van der Waals surface area contributed by atoms with Crippen LogP contribution >= 0.6 is 11.3 Å². The molecule has 156 valence electrons. The van der Waals surface area contributed by atoms with Crippen LogP contribution in [0.4, 0.5) is 16.2 Å². The minimum absolute atomic E-state index is 0.0462. The van der Waals surface area contributed by atoms with Crippen molar-refractivity contribution in [2.45, 2.75) is 11.1 Å². The maximum Gasteiger partial charge on any atom is 0.322 e. The lowest BCUT2D eigenvalue weighted by molar-refractivity contribution is -0.384. The molecule has 10 nitrogen and oxygen atoms in total. The van der Waals surface area contributed by atoms with E-state index in [0.717, 1.165) is 4.88 Å². The molecule has 0 saturated carbocycles. The third kappa shape index (κ3) is 4.49. The van der Waals surface area contributed by atoms with E-state index >= 15 is 0 Å². The molecule has 0 atom stereocenters. The fourth-order valence-electron chi connectivity index (χ4n) is 2.90. The number of ether oxygens (including phenoxy) is 1. The number of hydrogen-bond acceptors (Lipinski definition) is 7. The number of urea groups is 1. The first-order valence-electron chi connectivity index (χ1n) is 8.67. The number of benzene rings is 1. The SMILES string of the molecule is COc1ccc(NC(=O)N2CCN(S(=O)(=O)c3ccc(C)s3)CC2)c([N+](=O)[O-])c1. The van der Waals surface area contributed by atoms with Crippen LogP contribution in [0.2, 0.25) is 0 Å². The Bertz CT molecular complexity index is 1030. The molecular formula is C17H20N4O6S2. The normalized spacial score (nSPS) is 15.2. The van der Waals surface area contributed by atoms with E-state index in [4.69, 9.17) is 4.74 Å². The van der Waals surface area contributed by atoms with E-state index in [2.05, 4.69) is 5.32 Å². The van der Waals surface area contributed by atoms with Gasteiger partial charge < -0.3 is 15.0 Å². The average molecular weight is 441 g/mol. The molecule has 1 aromatic heterocycles. The minimum atomic E-state index is -3.58. The van der Waals surface area contributed by atoms with Crippen molar-refractivity contribution in [3.05, 3.63) is 45.3 Å². The number of thiophene rings is 1. The van der Waals surface area contributed by atoms with Crippen LogP contribution in [-0.4, -0.2) is 61.9 Å². The van der Waals surface area contributed by atoms with Crippen molar-refractivity contribution in [1.29, 1.82) is 0 Å². The van der Waals surface area contributed by atoms with Gasteiger partial charge in [0.2, 0.25) is 0 Å². The molecule has 3 rings (SSSR count). The van der Waals surface area contributed by atoms with Gasteiger partial charge in [-0.25, -0.2) is 13.2 Å². The topological polar surface area (TPSA) is 122 Å². The Morgan fingerprint density at radius 2 is 1.90 bits per heavy atom. The summed E-state index contributed by atoms with van der Waals surface area (Å²) in [5.41, 5.74) is -0.239. The van der Waals surface area contributed by atoms with Crippen LogP contribution in [0, 0.1) is 17.0 Å². The zero-order valence-corrected chi connectivity index (χ0v) is 17.5. The Morgan fingerprint density at radius 1 is 1.21 bits per heavy atom. The zero-order valence-electron chi connectivity index (χ0n) is 15.8. The first-order valence-corrected chi connectivity index (χ1v) is 10.9. The highest BCUT2D eigenvalue weighted by molar-refractivity contribution is 7.91. The highest BCUT2D eigenvalue weighted by Crippen LogP contribution is 2.29. The lowest BCUT2D eigenvalue weighted by Gasteiger charge is -2.33. The first kappa shape index (κ1) is 21.0. The second kappa shape index (κ2) is 8.35. The second-order valence-electron chi connectivity index (χ2n) is 6.33. The number of nitrogens with zero attached hydrogens (tertiary/aromatic N) is 3. The van der Waals surface area contributed by atoms with Gasteiger partial charge in [0.1, 0.15) is 15.6 Å². The summed E-state index contributed by atoms with van der Waals surface area (Å²) in [6.45, 7) is 2.50. The number of nitrogens with one attached hydrogen (secondary N) is 1. The number of piperazine rings is 1. The number of carbonyl (C=O) groups excluding carboxylic acids is 1. The molecule has 1 saturated heterocycles. The summed E-state index contributed by atoms with van der Waals surface area (Å²) in [6, 6.07) is 6.94. The van der Waals surface area contributed by atoms with E-state index in [1.807, 2.05) is 6.92 Å². The van der Waals surface area contributed by atoms with Crippen molar-refractivity contribution in [3.63, 3.8) is 0 Å². The Hall–Kier alpha value is -2.70. The molecule has 29 heavy (non-hydrogen) atoms. The molecule has 0 aliphatic carbocycles. The lowest BCUT2D eigenvalue weighted by Crippen LogP contribution is -2.51. The number of hydrogen-bond donors (Lipinski definition) is 1. The predicted octanol–water partition coefficient (Wildman–Crippen LogP) is 2.51. The van der Waals surface area contributed by atoms with Crippen molar-refractivity contribution >= 4 is 38.8 Å². The molecule has 1 N–H and O–H groups in total. The Labute approximate surface area is 171 Å². The largest absolute Gasteiger partial charge is 0.496 e. The van der Waals surface area contributed by atoms with Gasteiger partial charge in [0.25, 0.3) is 15.7 Å². The summed E-state index contributed by atoms with van der Waals surface area (Å²) in [5.74, 6) is 0.303. The molecule has 0 spiro atoms. The molecule has 1 aliphatic rings. The molecule has 12 heteroatoms. The number of sulfonamides is 1. The maximum absolute atomic E-state index is 12.7. The van der Waals surface area contributed by atoms with Crippen LogP contribution in [0.1, 0.15) is 4.88 Å². The molecule has 0 unspecified atom stereocenters. The van der Waals surface area contributed by atoms with E-state index < -0.39 is 21.0 Å². The Balaban J connectivity index is 1.66. The summed E-state index contributed by atoms with van der Waals surface area (Å²) in [6.07, 6.45) is 0. The summed E-state index contributed by atoms with van der Waals surface area (Å²) < 4.78 is 32.0. The van der Waals surface area contributed by atoms with Gasteiger partial charge in [0.15, 0.2) is 0 Å². The van der Waals surface area contributed by atoms with Crippen LogP contribution in [0.5, 0.6) is 5.75 Å². The molecule has 1 aromatic carbocycles. The molecular weight excluding hydrogens is 420 g/mol. The van der Waals surface area contributed by atoms with Gasteiger partial charge in [-0.15, -0.1) is 11.3 Å². The number of anilines is 1. The number of nitro benzene ring substituents is 1. The minimum Gasteiger partial charge on any atom is -0.496 e. The van der Waals surface area contributed by atoms with Crippen molar-refractivity contribution in [2.75, 3.05) is 38.6 Å². The number of aryl methyl sites for hydroxylation is 1. The average Bonchev–Trinajstić information content (AvgIpc) is 3.15. The van der Waals surface area contributed by atoms with Gasteiger partial charge in [-0.05, 0) is 31.2 Å². The monoisotopic (exact) mass is 440 g/mol. The van der Waals surface area contributed by atoms with Crippen molar-refractivity contribution in [2.24, 2.45) is 0 Å². The van der Waals surface area contributed by atoms with Gasteiger partial charge in [-0.3, -0.25) is 10.1 Å². The molecule has 0 bridgehead atoms. The van der Waals surface area contributed by atoms with E-state index in [1.54, 1.807) is 12.1 Å². The fraction of sp³-hybridized carbons (Fsp3) is 0.353. The van der Waals surface area contributed by atoms with Crippen molar-refractivity contribution < 1.29 is 22.9 Å². The molecule has 2 heterocycles. The summed E-state index contributed by atoms with van der Waals surface area (Å²) in [4.78, 5) is 25.5. The number of carbonyl (C=O) groups is 1. The van der Waals surface area contributed by atoms with E-state index in [9.17, 15) is 23.3 Å². The van der Waals surface area contributed by atoms with Crippen LogP contribution in [-0.2, 0) is 10.0 Å². The Kier molecular flexibility index (Phi) is 6.05. The molecule has 1 aliphatic heterocycles. The van der Waals surface area contributed by atoms with Crippen LogP contribution in [0.25, 0.3) is 0 Å². The van der Waals surface area contributed by atoms with Crippen molar-refractivity contribution in [3.8, 4) is 5.75 Å². The first-order chi connectivity index (χ1) is 13.7. The highest BCUT2D eigenvalue weighted by atomic mass is 32.2. The van der Waals surface area contributed by atoms with Gasteiger partial charge in [-0.2, -0.15) is 4.31 Å².